The monoisotopic (exact) mass is 211 g/mol. The van der Waals surface area contributed by atoms with E-state index in [4.69, 9.17) is 0 Å². The number of ether oxygens (including phenoxy) is 1. The molecule has 0 aliphatic rings. The minimum atomic E-state index is -3.51. The van der Waals surface area contributed by atoms with Crippen molar-refractivity contribution in [2.75, 3.05) is 27.0 Å². The van der Waals surface area contributed by atoms with Crippen LogP contribution in [0.15, 0.2) is 0 Å². The first kappa shape index (κ1) is 12.3. The number of hydrogen-bond acceptors (Lipinski definition) is 5. The fourth-order valence-electron chi connectivity index (χ4n) is 0.556. The van der Waals surface area contributed by atoms with Crippen molar-refractivity contribution < 1.29 is 22.8 Å². The molecular weight excluding hydrogens is 198 g/mol. The van der Waals surface area contributed by atoms with Gasteiger partial charge in [-0.25, -0.2) is 8.42 Å². The second kappa shape index (κ2) is 5.15. The molecule has 0 aliphatic carbocycles. The smallest absolute Gasteiger partial charge is 0.306 e. The van der Waals surface area contributed by atoms with Crippen LogP contribution in [0.3, 0.4) is 0 Å². The number of hydroxylamine groups is 1. The minimum absolute atomic E-state index is 0.174. The van der Waals surface area contributed by atoms with Crippen LogP contribution in [-0.2, 0) is 24.4 Å². The van der Waals surface area contributed by atoms with E-state index in [1.54, 1.807) is 0 Å². The van der Waals surface area contributed by atoms with Gasteiger partial charge >= 0.3 is 5.97 Å². The van der Waals surface area contributed by atoms with Gasteiger partial charge in [-0.15, -0.1) is 0 Å². The SMILES string of the molecule is COC(=O)CCS(=O)(=O)N(C)OC. The van der Waals surface area contributed by atoms with Gasteiger partial charge in [-0.3, -0.25) is 9.63 Å². The molecule has 13 heavy (non-hydrogen) atoms. The van der Waals surface area contributed by atoms with Gasteiger partial charge in [0, 0.05) is 7.05 Å². The molecule has 7 heteroatoms. The summed E-state index contributed by atoms with van der Waals surface area (Å²) in [5.74, 6) is -0.877. The highest BCUT2D eigenvalue weighted by molar-refractivity contribution is 7.88. The number of methoxy groups -OCH3 is 1. The van der Waals surface area contributed by atoms with Gasteiger partial charge in [0.25, 0.3) is 0 Å². The van der Waals surface area contributed by atoms with Gasteiger partial charge in [0.1, 0.15) is 0 Å². The van der Waals surface area contributed by atoms with E-state index in [-0.39, 0.29) is 12.2 Å². The molecule has 0 N–H and O–H groups in total. The maximum absolute atomic E-state index is 11.2. The molecule has 0 aromatic carbocycles. The van der Waals surface area contributed by atoms with Gasteiger partial charge in [0.15, 0.2) is 0 Å². The molecule has 0 aromatic heterocycles. The lowest BCUT2D eigenvalue weighted by Crippen LogP contribution is -2.29. The molecule has 0 saturated carbocycles. The number of carbonyl (C=O) groups excluding carboxylic acids is 1. The zero-order valence-corrected chi connectivity index (χ0v) is 8.63. The van der Waals surface area contributed by atoms with Crippen LogP contribution in [0.5, 0.6) is 0 Å². The summed E-state index contributed by atoms with van der Waals surface area (Å²) >= 11 is 0. The van der Waals surface area contributed by atoms with Crippen LogP contribution in [0.2, 0.25) is 0 Å². The van der Waals surface area contributed by atoms with Crippen LogP contribution in [0.4, 0.5) is 0 Å². The Morgan fingerprint density at radius 2 is 1.92 bits per heavy atom. The molecule has 78 valence electrons. The van der Waals surface area contributed by atoms with Gasteiger partial charge in [-0.1, -0.05) is 4.47 Å². The molecule has 0 heterocycles. The molecule has 0 aromatic rings. The van der Waals surface area contributed by atoms with Crippen molar-refractivity contribution in [2.45, 2.75) is 6.42 Å². The van der Waals surface area contributed by atoms with Crippen molar-refractivity contribution in [2.24, 2.45) is 0 Å². The zero-order valence-electron chi connectivity index (χ0n) is 7.81. The summed E-state index contributed by atoms with van der Waals surface area (Å²) in [6, 6.07) is 0. The summed E-state index contributed by atoms with van der Waals surface area (Å²) in [4.78, 5) is 15.1. The highest BCUT2D eigenvalue weighted by atomic mass is 32.2. The van der Waals surface area contributed by atoms with Crippen molar-refractivity contribution in [1.29, 1.82) is 0 Å². The summed E-state index contributed by atoms with van der Waals surface area (Å²) in [6.07, 6.45) is -0.174. The first-order valence-corrected chi connectivity index (χ1v) is 5.12. The summed E-state index contributed by atoms with van der Waals surface area (Å²) in [6.45, 7) is 0. The van der Waals surface area contributed by atoms with E-state index >= 15 is 0 Å². The van der Waals surface area contributed by atoms with Crippen LogP contribution < -0.4 is 0 Å². The molecule has 0 bridgehead atoms. The van der Waals surface area contributed by atoms with E-state index in [0.717, 1.165) is 0 Å². The molecular formula is C6H13NO5S. The topological polar surface area (TPSA) is 72.9 Å². The summed E-state index contributed by atoms with van der Waals surface area (Å²) in [7, 11) is 0.187. The van der Waals surface area contributed by atoms with Crippen LogP contribution >= 0.6 is 0 Å². The third-order valence-corrected chi connectivity index (χ3v) is 3.09. The second-order valence-corrected chi connectivity index (χ2v) is 4.32. The Balaban J connectivity index is 4.12. The van der Waals surface area contributed by atoms with E-state index < -0.39 is 16.0 Å². The first-order chi connectivity index (χ1) is 5.94. The summed E-state index contributed by atoms with van der Waals surface area (Å²) in [5.41, 5.74) is 0. The molecule has 0 aliphatic heterocycles. The zero-order chi connectivity index (χ0) is 10.5. The molecule has 0 saturated heterocycles. The molecule has 0 spiro atoms. The Labute approximate surface area is 77.4 Å². The average molecular weight is 211 g/mol. The maximum atomic E-state index is 11.2. The van der Waals surface area contributed by atoms with Gasteiger partial charge in [-0.05, 0) is 0 Å². The largest absolute Gasteiger partial charge is 0.469 e. The van der Waals surface area contributed by atoms with Gasteiger partial charge in [0.2, 0.25) is 10.0 Å². The quantitative estimate of drug-likeness (QED) is 0.447. The van der Waals surface area contributed by atoms with Gasteiger partial charge in [-0.2, -0.15) is 0 Å². The van der Waals surface area contributed by atoms with Crippen molar-refractivity contribution in [1.82, 2.24) is 4.47 Å². The second-order valence-electron chi connectivity index (χ2n) is 2.23. The highest BCUT2D eigenvalue weighted by Gasteiger charge is 2.19. The van der Waals surface area contributed by atoms with Crippen molar-refractivity contribution in [3.05, 3.63) is 0 Å². The predicted molar refractivity (Wildman–Crippen MR) is 45.2 cm³/mol. The van der Waals surface area contributed by atoms with Crippen molar-refractivity contribution in [3.63, 3.8) is 0 Å². The molecule has 0 fully saturated rings. The Kier molecular flexibility index (Phi) is 4.89. The number of rotatable bonds is 5. The Morgan fingerprint density at radius 1 is 1.38 bits per heavy atom. The third-order valence-electron chi connectivity index (χ3n) is 1.44. The fraction of sp³-hybridized carbons (Fsp3) is 0.833. The number of sulfonamides is 1. The number of hydrogen-bond donors (Lipinski definition) is 0. The normalized spacial score (nSPS) is 11.7. The van der Waals surface area contributed by atoms with Crippen LogP contribution in [0.25, 0.3) is 0 Å². The van der Waals surface area contributed by atoms with Crippen molar-refractivity contribution >= 4 is 16.0 Å². The lowest BCUT2D eigenvalue weighted by Gasteiger charge is -2.12. The van der Waals surface area contributed by atoms with Crippen LogP contribution in [0, 0.1) is 0 Å². The van der Waals surface area contributed by atoms with Crippen LogP contribution in [0.1, 0.15) is 6.42 Å². The maximum Gasteiger partial charge on any atom is 0.306 e. The van der Waals surface area contributed by atoms with E-state index in [9.17, 15) is 13.2 Å². The van der Waals surface area contributed by atoms with Crippen molar-refractivity contribution in [3.8, 4) is 0 Å². The lowest BCUT2D eigenvalue weighted by atomic mass is 10.5. The Bertz CT molecular complexity index is 260. The van der Waals surface area contributed by atoms with E-state index in [1.807, 2.05) is 0 Å². The third kappa shape index (κ3) is 4.20. The minimum Gasteiger partial charge on any atom is -0.469 e. The molecule has 0 rings (SSSR count). The summed E-state index contributed by atoms with van der Waals surface area (Å²) < 4.78 is 27.4. The Hall–Kier alpha value is -0.660. The van der Waals surface area contributed by atoms with E-state index in [0.29, 0.717) is 4.47 Å². The van der Waals surface area contributed by atoms with Crippen LogP contribution in [-0.4, -0.2) is 45.9 Å². The molecule has 0 amide bonds. The Morgan fingerprint density at radius 3 is 2.31 bits per heavy atom. The highest BCUT2D eigenvalue weighted by Crippen LogP contribution is 2.00. The lowest BCUT2D eigenvalue weighted by molar-refractivity contribution is -0.140. The average Bonchev–Trinajstić information content (AvgIpc) is 2.12. The van der Waals surface area contributed by atoms with E-state index in [1.165, 1.54) is 21.3 Å². The fourth-order valence-corrected chi connectivity index (χ4v) is 1.47. The number of nitrogens with zero attached hydrogens (tertiary/aromatic N) is 1. The van der Waals surface area contributed by atoms with Gasteiger partial charge in [0.05, 0.1) is 26.4 Å². The standard InChI is InChI=1S/C6H13NO5S/c1-7(12-3)13(9,10)5-4-6(8)11-2/h4-5H2,1-3H3. The predicted octanol–water partition coefficient (Wildman–Crippen LogP) is -0.627. The van der Waals surface area contributed by atoms with Gasteiger partial charge < -0.3 is 4.74 Å². The number of esters is 1. The first-order valence-electron chi connectivity index (χ1n) is 3.51. The molecule has 6 nitrogen and oxygen atoms in total. The molecule has 0 atom stereocenters. The molecule has 0 unspecified atom stereocenters. The number of carbonyl (C=O) groups is 1. The van der Waals surface area contributed by atoms with E-state index in [2.05, 4.69) is 9.57 Å². The summed E-state index contributed by atoms with van der Waals surface area (Å²) in [5, 5.41) is 0. The molecule has 0 radical (unpaired) electrons.